The maximum absolute atomic E-state index is 5.78. The van der Waals surface area contributed by atoms with Crippen LogP contribution in [0, 0.1) is 6.92 Å². The second kappa shape index (κ2) is 6.37. The number of aryl methyl sites for hydroxylation is 1. The van der Waals surface area contributed by atoms with Crippen LogP contribution in [0.2, 0.25) is 0 Å². The number of pyridine rings is 1. The summed E-state index contributed by atoms with van der Waals surface area (Å²) < 4.78 is 0. The molecule has 0 aliphatic carbocycles. The number of nitrogens with zero attached hydrogens (tertiary/aromatic N) is 3. The van der Waals surface area contributed by atoms with E-state index in [1.807, 2.05) is 19.2 Å². The molecule has 0 fully saturated rings. The highest BCUT2D eigenvalue weighted by Gasteiger charge is 2.16. The van der Waals surface area contributed by atoms with Gasteiger partial charge in [-0.15, -0.1) is 11.3 Å². The van der Waals surface area contributed by atoms with Crippen LogP contribution >= 0.6 is 11.3 Å². The molecule has 2 N–H and O–H groups in total. The summed E-state index contributed by atoms with van der Waals surface area (Å²) in [5.41, 5.74) is 9.19. The summed E-state index contributed by atoms with van der Waals surface area (Å²) in [6.07, 6.45) is 8.34. The summed E-state index contributed by atoms with van der Waals surface area (Å²) in [6, 6.07) is 4.14. The van der Waals surface area contributed by atoms with Crippen molar-refractivity contribution in [3.63, 3.8) is 0 Å². The molecular weight excluding hydrogens is 280 g/mol. The molecule has 5 heteroatoms. The zero-order chi connectivity index (χ0) is 14.7. The van der Waals surface area contributed by atoms with E-state index in [1.165, 1.54) is 10.6 Å². The Balaban J connectivity index is 1.55. The van der Waals surface area contributed by atoms with E-state index >= 15 is 0 Å². The molecule has 21 heavy (non-hydrogen) atoms. The van der Waals surface area contributed by atoms with E-state index < -0.39 is 0 Å². The molecule has 0 saturated carbocycles. The third-order valence-corrected chi connectivity index (χ3v) is 4.71. The van der Waals surface area contributed by atoms with Crippen LogP contribution in [-0.2, 0) is 12.8 Å². The molecule has 0 spiro atoms. The summed E-state index contributed by atoms with van der Waals surface area (Å²) in [5.74, 6) is 0. The van der Waals surface area contributed by atoms with Crippen LogP contribution < -0.4 is 5.73 Å². The number of fused-ring (bicyclic) bond motifs is 1. The van der Waals surface area contributed by atoms with Gasteiger partial charge in [-0.1, -0.05) is 18.2 Å². The van der Waals surface area contributed by atoms with Gasteiger partial charge in [0.05, 0.1) is 5.69 Å². The van der Waals surface area contributed by atoms with Gasteiger partial charge in [0.1, 0.15) is 0 Å². The van der Waals surface area contributed by atoms with Crippen molar-refractivity contribution in [2.75, 3.05) is 25.4 Å². The molecule has 1 aliphatic rings. The lowest BCUT2D eigenvalue weighted by molar-refractivity contribution is 0.318. The van der Waals surface area contributed by atoms with Gasteiger partial charge < -0.3 is 5.73 Å². The fourth-order valence-corrected chi connectivity index (χ4v) is 3.39. The molecule has 2 aromatic heterocycles. The van der Waals surface area contributed by atoms with Crippen LogP contribution in [0.1, 0.15) is 21.8 Å². The van der Waals surface area contributed by atoms with Crippen molar-refractivity contribution in [3.05, 3.63) is 46.2 Å². The molecule has 1 aliphatic heterocycles. The number of rotatable bonds is 3. The van der Waals surface area contributed by atoms with Crippen molar-refractivity contribution < 1.29 is 0 Å². The smallest absolute Gasteiger partial charge is 0.180 e. The zero-order valence-corrected chi connectivity index (χ0v) is 13.1. The monoisotopic (exact) mass is 300 g/mol. The summed E-state index contributed by atoms with van der Waals surface area (Å²) in [4.78, 5) is 12.6. The van der Waals surface area contributed by atoms with Crippen molar-refractivity contribution in [2.45, 2.75) is 19.8 Å². The molecular formula is C16H20N4S. The molecule has 3 heterocycles. The van der Waals surface area contributed by atoms with E-state index in [4.69, 9.17) is 5.73 Å². The lowest BCUT2D eigenvalue weighted by atomic mass is 10.2. The largest absolute Gasteiger partial charge is 0.375 e. The molecule has 0 saturated heterocycles. The number of thiazole rings is 1. The Kier molecular flexibility index (Phi) is 4.31. The fraction of sp³-hybridized carbons (Fsp3) is 0.375. The molecule has 0 atom stereocenters. The maximum atomic E-state index is 5.78. The molecule has 2 aromatic rings. The van der Waals surface area contributed by atoms with Crippen LogP contribution in [0.15, 0.2) is 24.4 Å². The highest BCUT2D eigenvalue weighted by atomic mass is 32.1. The number of nitrogens with two attached hydrogens (primary N) is 1. The van der Waals surface area contributed by atoms with Crippen LogP contribution in [0.5, 0.6) is 0 Å². The molecule has 0 bridgehead atoms. The van der Waals surface area contributed by atoms with Gasteiger partial charge in [0.15, 0.2) is 5.13 Å². The van der Waals surface area contributed by atoms with E-state index in [0.29, 0.717) is 5.13 Å². The highest BCUT2D eigenvalue weighted by Crippen LogP contribution is 2.24. The second-order valence-electron chi connectivity index (χ2n) is 5.36. The van der Waals surface area contributed by atoms with Gasteiger partial charge in [-0.2, -0.15) is 0 Å². The quantitative estimate of drug-likeness (QED) is 0.946. The Morgan fingerprint density at radius 1 is 1.33 bits per heavy atom. The first-order chi connectivity index (χ1) is 10.2. The average Bonchev–Trinajstić information content (AvgIpc) is 2.73. The number of aromatic nitrogens is 2. The molecule has 0 amide bonds. The summed E-state index contributed by atoms with van der Waals surface area (Å²) in [5, 5.41) is 0.709. The van der Waals surface area contributed by atoms with Crippen molar-refractivity contribution >= 4 is 22.5 Å². The Morgan fingerprint density at radius 3 is 3.00 bits per heavy atom. The van der Waals surface area contributed by atoms with Gasteiger partial charge in [-0.05, 0) is 25.0 Å². The van der Waals surface area contributed by atoms with Crippen LogP contribution in [0.4, 0.5) is 5.13 Å². The molecule has 110 valence electrons. The van der Waals surface area contributed by atoms with Crippen LogP contribution in [0.25, 0.3) is 6.08 Å². The fourth-order valence-electron chi connectivity index (χ4n) is 2.53. The third kappa shape index (κ3) is 3.68. The zero-order valence-electron chi connectivity index (χ0n) is 12.2. The predicted octanol–water partition coefficient (Wildman–Crippen LogP) is 2.54. The third-order valence-electron chi connectivity index (χ3n) is 3.72. The van der Waals surface area contributed by atoms with Gasteiger partial charge in [0, 0.05) is 42.8 Å². The molecule has 4 nitrogen and oxygen atoms in total. The normalized spacial score (nSPS) is 16.0. The van der Waals surface area contributed by atoms with Crippen LogP contribution in [0.3, 0.4) is 0 Å². The lowest BCUT2D eigenvalue weighted by Gasteiger charge is -2.17. The average molecular weight is 300 g/mol. The van der Waals surface area contributed by atoms with Gasteiger partial charge >= 0.3 is 0 Å². The molecule has 3 rings (SSSR count). The Bertz CT molecular complexity index is 605. The van der Waals surface area contributed by atoms with E-state index in [-0.39, 0.29) is 0 Å². The Labute approximate surface area is 129 Å². The van der Waals surface area contributed by atoms with Gasteiger partial charge in [0.25, 0.3) is 0 Å². The molecule has 0 unspecified atom stereocenters. The molecule has 0 radical (unpaired) electrons. The van der Waals surface area contributed by atoms with Crippen molar-refractivity contribution in [2.24, 2.45) is 0 Å². The lowest BCUT2D eigenvalue weighted by Crippen LogP contribution is -2.26. The molecule has 0 aromatic carbocycles. The first kappa shape index (κ1) is 14.2. The number of hydrogen-bond donors (Lipinski definition) is 1. The SMILES string of the molecule is Cc1ccc(/C=C/CN2CCc3nc(N)sc3CC2)cn1. The Morgan fingerprint density at radius 2 is 2.19 bits per heavy atom. The van der Waals surface area contributed by atoms with Crippen molar-refractivity contribution in [3.8, 4) is 0 Å². The van der Waals surface area contributed by atoms with E-state index in [9.17, 15) is 0 Å². The Hall–Kier alpha value is -1.72. The summed E-state index contributed by atoms with van der Waals surface area (Å²) in [7, 11) is 0. The number of hydrogen-bond acceptors (Lipinski definition) is 5. The van der Waals surface area contributed by atoms with Crippen molar-refractivity contribution in [1.82, 2.24) is 14.9 Å². The van der Waals surface area contributed by atoms with Crippen molar-refractivity contribution in [1.29, 1.82) is 0 Å². The summed E-state index contributed by atoms with van der Waals surface area (Å²) >= 11 is 1.64. The summed E-state index contributed by atoms with van der Waals surface area (Å²) in [6.45, 7) is 5.10. The minimum atomic E-state index is 0.709. The topological polar surface area (TPSA) is 55.0 Å². The standard InChI is InChI=1S/C16H20N4S/c1-12-4-5-13(11-18-12)3-2-8-20-9-6-14-15(7-10-20)21-16(17)19-14/h2-5,11H,6-10H2,1H3,(H2,17,19)/b3-2+. The van der Waals surface area contributed by atoms with Gasteiger partial charge in [-0.3, -0.25) is 9.88 Å². The number of nitrogen functional groups attached to an aromatic ring is 1. The first-order valence-corrected chi connectivity index (χ1v) is 8.08. The highest BCUT2D eigenvalue weighted by molar-refractivity contribution is 7.15. The van der Waals surface area contributed by atoms with Gasteiger partial charge in [-0.25, -0.2) is 4.98 Å². The maximum Gasteiger partial charge on any atom is 0.180 e. The van der Waals surface area contributed by atoms with Gasteiger partial charge in [0.2, 0.25) is 0 Å². The van der Waals surface area contributed by atoms with E-state index in [0.717, 1.165) is 43.7 Å². The van der Waals surface area contributed by atoms with E-state index in [1.54, 1.807) is 11.3 Å². The minimum Gasteiger partial charge on any atom is -0.375 e. The second-order valence-corrected chi connectivity index (χ2v) is 6.47. The van der Waals surface area contributed by atoms with E-state index in [2.05, 4.69) is 33.1 Å². The predicted molar refractivity (Wildman–Crippen MR) is 88.4 cm³/mol. The minimum absolute atomic E-state index is 0.709. The number of anilines is 1. The first-order valence-electron chi connectivity index (χ1n) is 7.26. The van der Waals surface area contributed by atoms with Crippen LogP contribution in [-0.4, -0.2) is 34.5 Å².